The topological polar surface area (TPSA) is 82.9 Å². The van der Waals surface area contributed by atoms with Gasteiger partial charge >= 0.3 is 0 Å². The molecule has 0 unspecified atom stereocenters. The summed E-state index contributed by atoms with van der Waals surface area (Å²) in [4.78, 5) is 35.0. The molecule has 0 spiro atoms. The first kappa shape index (κ1) is 29.4. The van der Waals surface area contributed by atoms with Crippen LogP contribution in [0.15, 0.2) is 70.6 Å². The molecule has 218 valence electrons. The van der Waals surface area contributed by atoms with E-state index in [-0.39, 0.29) is 11.8 Å². The zero-order valence-electron chi connectivity index (χ0n) is 25.6. The maximum atomic E-state index is 12.7. The number of carbonyl (C=O) groups excluding carboxylic acids is 2. The van der Waals surface area contributed by atoms with E-state index in [2.05, 4.69) is 77.2 Å². The summed E-state index contributed by atoms with van der Waals surface area (Å²) in [6.07, 6.45) is 1.39. The molecule has 5 rings (SSSR count). The maximum Gasteiger partial charge on any atom is 0.251 e. The van der Waals surface area contributed by atoms with E-state index in [0.29, 0.717) is 37.1 Å². The van der Waals surface area contributed by atoms with Gasteiger partial charge in [0.15, 0.2) is 0 Å². The summed E-state index contributed by atoms with van der Waals surface area (Å²) >= 11 is 0. The maximum absolute atomic E-state index is 12.7. The molecular weight excluding hydrogens is 524 g/mol. The molecule has 3 aromatic rings. The monoisotopic (exact) mass is 566 g/mol. The lowest BCUT2D eigenvalue weighted by atomic mass is 9.98. The van der Waals surface area contributed by atoms with E-state index in [1.54, 1.807) is 0 Å². The van der Waals surface area contributed by atoms with Crippen molar-refractivity contribution in [1.29, 1.82) is 0 Å². The third kappa shape index (κ3) is 7.19. The minimum atomic E-state index is -0.0463. The Bertz CT molecular complexity index is 1450. The minimum absolute atomic E-state index is 0.0463. The van der Waals surface area contributed by atoms with Crippen LogP contribution in [-0.2, 0) is 12.8 Å². The number of rotatable bonds is 10. The second-order valence-electron chi connectivity index (χ2n) is 13.3. The summed E-state index contributed by atoms with van der Waals surface area (Å²) in [5, 5.41) is 6.05. The predicted octanol–water partition coefficient (Wildman–Crippen LogP) is 3.91. The molecule has 0 saturated heterocycles. The number of carbonyl (C=O) groups is 2. The number of nitrogens with one attached hydrogen (secondary N) is 2. The first-order valence-corrected chi connectivity index (χ1v) is 14.5. The second-order valence-corrected chi connectivity index (χ2v) is 13.3. The van der Waals surface area contributed by atoms with Crippen LogP contribution in [0, 0.1) is 0 Å². The van der Waals surface area contributed by atoms with Crippen LogP contribution in [0.4, 0.5) is 11.4 Å². The Morgan fingerprint density at radius 1 is 0.619 bits per heavy atom. The number of benzene rings is 3. The van der Waals surface area contributed by atoms with Gasteiger partial charge in [-0.25, -0.2) is 0 Å². The van der Waals surface area contributed by atoms with Crippen molar-refractivity contribution in [3.8, 4) is 0 Å². The molecule has 2 aliphatic heterocycles. The van der Waals surface area contributed by atoms with Gasteiger partial charge in [0.05, 0.1) is 91.3 Å². The van der Waals surface area contributed by atoms with Gasteiger partial charge < -0.3 is 19.6 Å². The summed E-state index contributed by atoms with van der Waals surface area (Å²) in [5.41, 5.74) is 9.45. The fourth-order valence-corrected chi connectivity index (χ4v) is 5.09. The Kier molecular flexibility index (Phi) is 8.12. The van der Waals surface area contributed by atoms with E-state index in [9.17, 15) is 9.59 Å². The molecule has 0 saturated carbocycles. The number of hydrogen-bond acceptors (Lipinski definition) is 4. The zero-order chi connectivity index (χ0) is 30.1. The molecule has 2 amide bonds. The van der Waals surface area contributed by atoms with Crippen molar-refractivity contribution in [3.05, 3.63) is 94.0 Å². The highest BCUT2D eigenvalue weighted by molar-refractivity contribution is 6.10. The molecule has 2 aliphatic rings. The van der Waals surface area contributed by atoms with Crippen LogP contribution in [-0.4, -0.2) is 101 Å². The fourth-order valence-electron chi connectivity index (χ4n) is 5.09. The Hall–Kier alpha value is -4.14. The number of likely N-dealkylation sites (N-methyl/N-ethyl adjacent to an activating group) is 2. The molecule has 3 aromatic carbocycles. The van der Waals surface area contributed by atoms with Crippen LogP contribution in [0.2, 0.25) is 0 Å². The normalized spacial score (nSPS) is 14.1. The van der Waals surface area contributed by atoms with Gasteiger partial charge in [0.1, 0.15) is 0 Å². The van der Waals surface area contributed by atoms with Crippen molar-refractivity contribution in [3.63, 3.8) is 0 Å². The van der Waals surface area contributed by atoms with Gasteiger partial charge in [0.25, 0.3) is 11.8 Å². The molecular formula is C34H42N6O2+2. The molecule has 8 heteroatoms. The molecule has 0 aromatic heterocycles. The van der Waals surface area contributed by atoms with Crippen molar-refractivity contribution < 1.29 is 18.6 Å². The van der Waals surface area contributed by atoms with Crippen molar-refractivity contribution in [2.45, 2.75) is 12.8 Å². The lowest BCUT2D eigenvalue weighted by molar-refractivity contribution is -0.869. The van der Waals surface area contributed by atoms with Gasteiger partial charge in [-0.05, 0) is 58.7 Å². The Balaban J connectivity index is 1.19. The van der Waals surface area contributed by atoms with Gasteiger partial charge in [-0.15, -0.1) is 0 Å². The zero-order valence-corrected chi connectivity index (χ0v) is 25.6. The molecule has 0 atom stereocenters. The standard InChI is InChI=1S/C34H40N6O2/c1-39(2,3)17-15-35-33(41)25-11-13-29-27(19-25)21-31(37-29)23-7-9-24(10-8-23)32-22-28-20-26(12-14-30(28)38-32)34(42)36-16-18-40(4,5)6/h7-14,19-20H,15-18,21-22H2,1-6H3/p+2. The minimum Gasteiger partial charge on any atom is -0.346 e. The number of aliphatic imine (C=N–C) groups is 2. The van der Waals surface area contributed by atoms with Crippen LogP contribution in [0.5, 0.6) is 0 Å². The first-order chi connectivity index (χ1) is 19.8. The van der Waals surface area contributed by atoms with Gasteiger partial charge in [-0.3, -0.25) is 19.6 Å². The van der Waals surface area contributed by atoms with Crippen LogP contribution >= 0.6 is 0 Å². The third-order valence-corrected chi connectivity index (χ3v) is 7.60. The Morgan fingerprint density at radius 3 is 1.36 bits per heavy atom. The number of fused-ring (bicyclic) bond motifs is 2. The molecule has 42 heavy (non-hydrogen) atoms. The summed E-state index contributed by atoms with van der Waals surface area (Å²) in [6.45, 7) is 3.01. The molecule has 0 aliphatic carbocycles. The Labute approximate surface area is 249 Å². The number of quaternary nitrogens is 2. The summed E-state index contributed by atoms with van der Waals surface area (Å²) in [6, 6.07) is 19.9. The highest BCUT2D eigenvalue weighted by Gasteiger charge is 2.21. The average molecular weight is 567 g/mol. The Morgan fingerprint density at radius 2 is 1.00 bits per heavy atom. The SMILES string of the molecule is C[N+](C)(C)CCNC(=O)c1ccc2c(c1)CC(c1ccc(C3=Nc4ccc(C(=O)NCC[N+](C)(C)C)cc4C3)cc1)=N2. The summed E-state index contributed by atoms with van der Waals surface area (Å²) < 4.78 is 1.61. The van der Waals surface area contributed by atoms with E-state index in [1.807, 2.05) is 36.4 Å². The van der Waals surface area contributed by atoms with E-state index in [4.69, 9.17) is 9.98 Å². The van der Waals surface area contributed by atoms with E-state index < -0.39 is 0 Å². The number of hydrogen-bond donors (Lipinski definition) is 2. The molecule has 2 heterocycles. The largest absolute Gasteiger partial charge is 0.346 e. The van der Waals surface area contributed by atoms with E-state index >= 15 is 0 Å². The quantitative estimate of drug-likeness (QED) is 0.365. The van der Waals surface area contributed by atoms with Crippen LogP contribution < -0.4 is 10.6 Å². The smallest absolute Gasteiger partial charge is 0.251 e. The van der Waals surface area contributed by atoms with Gasteiger partial charge in [0.2, 0.25) is 0 Å². The van der Waals surface area contributed by atoms with Crippen LogP contribution in [0.25, 0.3) is 0 Å². The summed E-state index contributed by atoms with van der Waals surface area (Å²) in [7, 11) is 12.7. The van der Waals surface area contributed by atoms with Crippen molar-refractivity contribution in [1.82, 2.24) is 10.6 Å². The molecule has 0 fully saturated rings. The number of amides is 2. The van der Waals surface area contributed by atoms with Gasteiger partial charge in [-0.2, -0.15) is 0 Å². The highest BCUT2D eigenvalue weighted by Crippen LogP contribution is 2.32. The van der Waals surface area contributed by atoms with Crippen molar-refractivity contribution >= 4 is 34.6 Å². The van der Waals surface area contributed by atoms with Gasteiger partial charge in [0, 0.05) is 24.0 Å². The molecule has 2 N–H and O–H groups in total. The van der Waals surface area contributed by atoms with Crippen molar-refractivity contribution in [2.75, 3.05) is 68.5 Å². The predicted molar refractivity (Wildman–Crippen MR) is 170 cm³/mol. The first-order valence-electron chi connectivity index (χ1n) is 14.5. The van der Waals surface area contributed by atoms with Gasteiger partial charge in [-0.1, -0.05) is 24.3 Å². The van der Waals surface area contributed by atoms with E-state index in [0.717, 1.165) is 67.1 Å². The lowest BCUT2D eigenvalue weighted by Crippen LogP contribution is -2.41. The summed E-state index contributed by atoms with van der Waals surface area (Å²) in [5.74, 6) is -0.0926. The van der Waals surface area contributed by atoms with E-state index in [1.165, 1.54) is 0 Å². The second kappa shape index (κ2) is 11.6. The molecule has 8 nitrogen and oxygen atoms in total. The fraction of sp³-hybridized carbons (Fsp3) is 0.353. The molecule has 0 radical (unpaired) electrons. The van der Waals surface area contributed by atoms with Crippen LogP contribution in [0.1, 0.15) is 43.0 Å². The lowest BCUT2D eigenvalue weighted by Gasteiger charge is -2.23. The average Bonchev–Trinajstić information content (AvgIpc) is 3.55. The van der Waals surface area contributed by atoms with Crippen molar-refractivity contribution in [2.24, 2.45) is 9.98 Å². The van der Waals surface area contributed by atoms with Crippen LogP contribution in [0.3, 0.4) is 0 Å². The number of nitrogens with zero attached hydrogens (tertiary/aromatic N) is 4. The highest BCUT2D eigenvalue weighted by atomic mass is 16.2. The third-order valence-electron chi connectivity index (χ3n) is 7.60. The molecule has 0 bridgehead atoms.